The molecule has 0 saturated carbocycles. The number of rotatable bonds is 7. The fourth-order valence-corrected chi connectivity index (χ4v) is 4.59. The largest absolute Gasteiger partial charge is 0.418 e. The highest BCUT2D eigenvalue weighted by Gasteiger charge is 2.54. The molecule has 1 aromatic rings. The van der Waals surface area contributed by atoms with Crippen molar-refractivity contribution in [3.8, 4) is 0 Å². The molecule has 2 atom stereocenters. The van der Waals surface area contributed by atoms with Crippen molar-refractivity contribution in [2.75, 3.05) is 33.7 Å². The van der Waals surface area contributed by atoms with Crippen molar-refractivity contribution >= 4 is 45.5 Å². The van der Waals surface area contributed by atoms with Gasteiger partial charge < -0.3 is 26.6 Å². The topological polar surface area (TPSA) is 214 Å². The predicted molar refractivity (Wildman–Crippen MR) is 106 cm³/mol. The first-order valence-corrected chi connectivity index (χ1v) is 10.9. The number of aromatic nitrogens is 1. The number of nitrogens with one attached hydrogen (secondary N) is 1. The molecule has 31 heavy (non-hydrogen) atoms. The molecule has 4 amide bonds. The summed E-state index contributed by atoms with van der Waals surface area (Å²) in [7, 11) is -2.06. The van der Waals surface area contributed by atoms with Crippen LogP contribution in [0.3, 0.4) is 0 Å². The molecule has 17 heteroatoms. The van der Waals surface area contributed by atoms with Crippen LogP contribution in [-0.2, 0) is 19.5 Å². The number of nitrogens with two attached hydrogens (primary N) is 2. The van der Waals surface area contributed by atoms with Crippen LogP contribution >= 0.6 is 11.3 Å². The van der Waals surface area contributed by atoms with Crippen molar-refractivity contribution in [3.05, 3.63) is 15.6 Å². The summed E-state index contributed by atoms with van der Waals surface area (Å²) in [5.41, 5.74) is 10.6. The lowest BCUT2D eigenvalue weighted by molar-refractivity contribution is -0.133. The van der Waals surface area contributed by atoms with Gasteiger partial charge in [-0.1, -0.05) is 0 Å². The molecule has 15 nitrogen and oxygen atoms in total. The van der Waals surface area contributed by atoms with Gasteiger partial charge in [-0.05, 0) is 0 Å². The van der Waals surface area contributed by atoms with Gasteiger partial charge in [0.05, 0.1) is 23.7 Å². The maximum absolute atomic E-state index is 12.8. The van der Waals surface area contributed by atoms with Crippen LogP contribution < -0.4 is 16.8 Å². The lowest BCUT2D eigenvalue weighted by atomic mass is 10.0. The number of hydrogen-bond donors (Lipinski definition) is 4. The zero-order chi connectivity index (χ0) is 23.1. The number of fused-ring (bicyclic) bond motifs is 4. The monoisotopic (exact) mass is 476 g/mol. The van der Waals surface area contributed by atoms with Crippen molar-refractivity contribution < 1.29 is 31.6 Å². The lowest BCUT2D eigenvalue weighted by Gasteiger charge is -2.30. The second-order valence-corrected chi connectivity index (χ2v) is 8.78. The molecule has 170 valence electrons. The minimum atomic E-state index is -5.01. The molecule has 1 saturated heterocycles. The highest BCUT2D eigenvalue weighted by atomic mass is 32.3. The van der Waals surface area contributed by atoms with E-state index >= 15 is 0 Å². The Morgan fingerprint density at radius 2 is 2.10 bits per heavy atom. The zero-order valence-electron chi connectivity index (χ0n) is 16.4. The number of thiazole rings is 1. The van der Waals surface area contributed by atoms with E-state index in [-0.39, 0.29) is 36.3 Å². The van der Waals surface area contributed by atoms with Crippen LogP contribution in [0.2, 0.25) is 0 Å². The standard InChI is InChI=1S/C14H20N8O7S2/c1-20(2)12(24)8-7-9(6-5-21(8)14(25)22(6)29-31(26,27)28)30-11(19-7)10(23)17-3-4-18-13(15)16/h6,8H,3-5H2,1-2H3,(H,17,23)(H4,15,16,18)(H,26,27,28)/t6-,8+/m0/s1. The van der Waals surface area contributed by atoms with Crippen LogP contribution in [0.4, 0.5) is 4.79 Å². The average molecular weight is 476 g/mol. The molecule has 6 N–H and O–H groups in total. The van der Waals surface area contributed by atoms with E-state index in [1.807, 2.05) is 0 Å². The van der Waals surface area contributed by atoms with Gasteiger partial charge in [-0.3, -0.25) is 19.1 Å². The van der Waals surface area contributed by atoms with Crippen LogP contribution in [0.5, 0.6) is 0 Å². The second kappa shape index (κ2) is 8.25. The summed E-state index contributed by atoms with van der Waals surface area (Å²) in [6.45, 7) is 0.161. The first kappa shape index (κ1) is 22.7. The molecule has 2 bridgehead atoms. The number of aliphatic imine (C=N–C) groups is 1. The molecule has 3 heterocycles. The third-order valence-electron chi connectivity index (χ3n) is 4.38. The summed E-state index contributed by atoms with van der Waals surface area (Å²) in [5, 5.41) is 3.01. The van der Waals surface area contributed by atoms with Gasteiger partial charge in [0.15, 0.2) is 17.0 Å². The Kier molecular flexibility index (Phi) is 6.03. The van der Waals surface area contributed by atoms with Crippen molar-refractivity contribution in [2.24, 2.45) is 16.5 Å². The van der Waals surface area contributed by atoms with Crippen LogP contribution in [-0.4, -0.2) is 90.4 Å². The summed E-state index contributed by atoms with van der Waals surface area (Å²) in [6.07, 6.45) is 0. The molecule has 1 fully saturated rings. The smallest absolute Gasteiger partial charge is 0.370 e. The number of nitrogens with zero attached hydrogens (tertiary/aromatic N) is 5. The molecule has 0 radical (unpaired) electrons. The van der Waals surface area contributed by atoms with E-state index in [0.29, 0.717) is 9.94 Å². The number of amides is 4. The van der Waals surface area contributed by atoms with Gasteiger partial charge >= 0.3 is 16.4 Å². The van der Waals surface area contributed by atoms with Crippen LogP contribution in [0.1, 0.15) is 32.5 Å². The SMILES string of the molecule is CN(C)C(=O)[C@H]1c2nc(C(=O)NCCN=C(N)N)sc2[C@@H]2CN1C(=O)N2OS(=O)(=O)O. The number of guanidine groups is 1. The molecule has 0 spiro atoms. The summed E-state index contributed by atoms with van der Waals surface area (Å²) in [5.74, 6) is -1.20. The molecule has 2 aliphatic heterocycles. The minimum Gasteiger partial charge on any atom is -0.370 e. The number of urea groups is 1. The van der Waals surface area contributed by atoms with E-state index < -0.39 is 40.3 Å². The van der Waals surface area contributed by atoms with Gasteiger partial charge in [-0.15, -0.1) is 15.6 Å². The van der Waals surface area contributed by atoms with Gasteiger partial charge in [0.2, 0.25) is 0 Å². The van der Waals surface area contributed by atoms with E-state index in [1.54, 1.807) is 0 Å². The quantitative estimate of drug-likeness (QED) is 0.144. The Hall–Kier alpha value is -3.02. The Balaban J connectivity index is 1.95. The average Bonchev–Trinajstić information content (AvgIpc) is 3.21. The molecule has 0 aromatic carbocycles. The van der Waals surface area contributed by atoms with Gasteiger partial charge in [-0.25, -0.2) is 9.78 Å². The van der Waals surface area contributed by atoms with Crippen molar-refractivity contribution in [2.45, 2.75) is 12.1 Å². The Morgan fingerprint density at radius 3 is 2.68 bits per heavy atom. The van der Waals surface area contributed by atoms with Gasteiger partial charge in [-0.2, -0.15) is 13.5 Å². The Labute approximate surface area is 180 Å². The van der Waals surface area contributed by atoms with Crippen molar-refractivity contribution in [1.82, 2.24) is 25.2 Å². The summed E-state index contributed by atoms with van der Waals surface area (Å²) in [4.78, 5) is 48.5. The fraction of sp³-hybridized carbons (Fsp3) is 0.500. The van der Waals surface area contributed by atoms with E-state index in [4.69, 9.17) is 16.0 Å². The van der Waals surface area contributed by atoms with Crippen LogP contribution in [0.15, 0.2) is 4.99 Å². The van der Waals surface area contributed by atoms with Gasteiger partial charge in [0.1, 0.15) is 6.04 Å². The number of hydroxylamine groups is 2. The maximum Gasteiger partial charge on any atom is 0.418 e. The van der Waals surface area contributed by atoms with E-state index in [1.165, 1.54) is 19.0 Å². The Morgan fingerprint density at radius 1 is 1.42 bits per heavy atom. The Bertz CT molecular complexity index is 1050. The van der Waals surface area contributed by atoms with Crippen LogP contribution in [0, 0.1) is 0 Å². The number of hydrogen-bond acceptors (Lipinski definition) is 9. The number of likely N-dealkylation sites (N-methyl/N-ethyl adjacent to an activating group) is 1. The molecular weight excluding hydrogens is 456 g/mol. The predicted octanol–water partition coefficient (Wildman–Crippen LogP) is -2.20. The van der Waals surface area contributed by atoms with E-state index in [9.17, 15) is 22.8 Å². The highest BCUT2D eigenvalue weighted by Crippen LogP contribution is 2.46. The van der Waals surface area contributed by atoms with Crippen molar-refractivity contribution in [3.63, 3.8) is 0 Å². The maximum atomic E-state index is 12.8. The fourth-order valence-electron chi connectivity index (χ4n) is 3.14. The van der Waals surface area contributed by atoms with Crippen LogP contribution in [0.25, 0.3) is 0 Å². The van der Waals surface area contributed by atoms with Gasteiger partial charge in [0.25, 0.3) is 11.8 Å². The molecule has 0 aliphatic carbocycles. The molecule has 2 aliphatic rings. The summed E-state index contributed by atoms with van der Waals surface area (Å²) < 4.78 is 35.9. The number of carbonyl (C=O) groups is 3. The molecule has 1 aromatic heterocycles. The summed E-state index contributed by atoms with van der Waals surface area (Å²) >= 11 is 0.876. The van der Waals surface area contributed by atoms with Gasteiger partial charge in [0, 0.05) is 20.6 Å². The van der Waals surface area contributed by atoms with E-state index in [0.717, 1.165) is 16.2 Å². The summed E-state index contributed by atoms with van der Waals surface area (Å²) in [6, 6.07) is -3.12. The number of carbonyl (C=O) groups excluding carboxylic acids is 3. The molecular formula is C14H20N8O7S2. The third-order valence-corrected chi connectivity index (χ3v) is 5.90. The molecule has 0 unspecified atom stereocenters. The van der Waals surface area contributed by atoms with E-state index in [2.05, 4.69) is 19.6 Å². The first-order valence-electron chi connectivity index (χ1n) is 8.73. The first-order chi connectivity index (χ1) is 14.4. The lowest BCUT2D eigenvalue weighted by Crippen LogP contribution is -2.43. The minimum absolute atomic E-state index is 0.0146. The molecule has 3 rings (SSSR count). The normalized spacial score (nSPS) is 19.8. The van der Waals surface area contributed by atoms with Crippen molar-refractivity contribution in [1.29, 1.82) is 0 Å². The third kappa shape index (κ3) is 4.53. The zero-order valence-corrected chi connectivity index (χ0v) is 18.0. The highest BCUT2D eigenvalue weighted by molar-refractivity contribution is 7.80. The second-order valence-electron chi connectivity index (χ2n) is 6.74.